The Bertz CT molecular complexity index is 715. The van der Waals surface area contributed by atoms with Crippen molar-refractivity contribution < 1.29 is 18.7 Å². The van der Waals surface area contributed by atoms with E-state index >= 15 is 0 Å². The second kappa shape index (κ2) is 10.5. The molecule has 0 unspecified atom stereocenters. The number of benzene rings is 1. The smallest absolute Gasteiger partial charge is 0.305 e. The lowest BCUT2D eigenvalue weighted by Crippen LogP contribution is -2.27. The highest BCUT2D eigenvalue weighted by Gasteiger charge is 2.23. The molecule has 1 aromatic rings. The van der Waals surface area contributed by atoms with Crippen molar-refractivity contribution in [3.63, 3.8) is 0 Å². The van der Waals surface area contributed by atoms with Crippen LogP contribution in [0.15, 0.2) is 12.1 Å². The molecule has 0 heterocycles. The Balaban J connectivity index is 1.64. The van der Waals surface area contributed by atoms with Gasteiger partial charge in [0.1, 0.15) is 5.82 Å². The van der Waals surface area contributed by atoms with Crippen LogP contribution in [0.3, 0.4) is 0 Å². The molecule has 7 heteroatoms. The fourth-order valence-electron chi connectivity index (χ4n) is 3.65. The van der Waals surface area contributed by atoms with E-state index in [4.69, 9.17) is 4.74 Å². The molecule has 2 aliphatic rings. The van der Waals surface area contributed by atoms with Gasteiger partial charge in [0.15, 0.2) is 0 Å². The molecule has 3 rings (SSSR count). The van der Waals surface area contributed by atoms with E-state index in [0.717, 1.165) is 19.4 Å². The van der Waals surface area contributed by atoms with Gasteiger partial charge >= 0.3 is 5.97 Å². The highest BCUT2D eigenvalue weighted by molar-refractivity contribution is 6.00. The van der Waals surface area contributed by atoms with E-state index in [1.807, 2.05) is 0 Å². The van der Waals surface area contributed by atoms with Gasteiger partial charge in [-0.2, -0.15) is 0 Å². The van der Waals surface area contributed by atoms with E-state index in [1.54, 1.807) is 13.0 Å². The lowest BCUT2D eigenvalue weighted by molar-refractivity contribution is -0.143. The molecule has 3 N–H and O–H groups in total. The van der Waals surface area contributed by atoms with E-state index < -0.39 is 5.82 Å². The van der Waals surface area contributed by atoms with Gasteiger partial charge in [-0.25, -0.2) is 4.39 Å². The van der Waals surface area contributed by atoms with Crippen molar-refractivity contribution in [1.82, 2.24) is 5.32 Å². The number of nitrogens with one attached hydrogen (secondary N) is 3. The first kappa shape index (κ1) is 21.4. The molecule has 0 spiro atoms. The van der Waals surface area contributed by atoms with Crippen LogP contribution in [-0.4, -0.2) is 37.6 Å². The van der Waals surface area contributed by atoms with Crippen LogP contribution in [-0.2, 0) is 9.53 Å². The monoisotopic (exact) mass is 405 g/mol. The minimum absolute atomic E-state index is 0.250. The molecule has 29 heavy (non-hydrogen) atoms. The Kier molecular flexibility index (Phi) is 7.72. The van der Waals surface area contributed by atoms with E-state index in [9.17, 15) is 14.0 Å². The average Bonchev–Trinajstić information content (AvgIpc) is 3.39. The van der Waals surface area contributed by atoms with Crippen LogP contribution in [0.4, 0.5) is 15.8 Å². The van der Waals surface area contributed by atoms with Crippen LogP contribution in [0.2, 0.25) is 0 Å². The fourth-order valence-corrected chi connectivity index (χ4v) is 3.65. The highest BCUT2D eigenvalue weighted by Crippen LogP contribution is 2.32. The fraction of sp³-hybridized carbons (Fsp3) is 0.636. The third kappa shape index (κ3) is 6.61. The molecule has 1 aromatic carbocycles. The van der Waals surface area contributed by atoms with Gasteiger partial charge in [-0.3, -0.25) is 9.59 Å². The van der Waals surface area contributed by atoms with E-state index in [2.05, 4.69) is 16.0 Å². The molecular formula is C22H32FN3O3. The lowest BCUT2D eigenvalue weighted by atomic mass is 10.1. The molecular weight excluding hydrogens is 373 g/mol. The number of hydrogen-bond donors (Lipinski definition) is 3. The van der Waals surface area contributed by atoms with Crippen LogP contribution in [0.1, 0.15) is 68.6 Å². The first-order chi connectivity index (χ1) is 14.1. The number of rotatable bonds is 11. The van der Waals surface area contributed by atoms with E-state index in [1.165, 1.54) is 31.7 Å². The number of amides is 1. The van der Waals surface area contributed by atoms with Gasteiger partial charge < -0.3 is 20.7 Å². The standard InChI is InChI=1S/C22H32FN3O3/c1-2-29-21(27)8-5-11-24-22(28)17-12-18(23)20(25-14-15-9-10-15)13-19(17)26-16-6-3-4-7-16/h12-13,15-16,25-26H,2-11,14H2,1H3,(H,24,28). The van der Waals surface area contributed by atoms with Crippen LogP contribution >= 0.6 is 0 Å². The summed E-state index contributed by atoms with van der Waals surface area (Å²) < 4.78 is 19.5. The zero-order valence-electron chi connectivity index (χ0n) is 17.2. The summed E-state index contributed by atoms with van der Waals surface area (Å²) in [6.07, 6.45) is 7.56. The molecule has 1 amide bonds. The summed E-state index contributed by atoms with van der Waals surface area (Å²) in [5.41, 5.74) is 1.42. The topological polar surface area (TPSA) is 79.5 Å². The molecule has 0 radical (unpaired) electrons. The molecule has 160 valence electrons. The van der Waals surface area contributed by atoms with Crippen LogP contribution in [0.5, 0.6) is 0 Å². The van der Waals surface area contributed by atoms with Gasteiger partial charge in [-0.15, -0.1) is 0 Å². The van der Waals surface area contributed by atoms with Crippen molar-refractivity contribution in [2.75, 3.05) is 30.3 Å². The maximum atomic E-state index is 14.6. The van der Waals surface area contributed by atoms with Crippen molar-refractivity contribution in [3.8, 4) is 0 Å². The quantitative estimate of drug-likeness (QED) is 0.382. The van der Waals surface area contributed by atoms with Crippen molar-refractivity contribution in [3.05, 3.63) is 23.5 Å². The average molecular weight is 406 g/mol. The minimum Gasteiger partial charge on any atom is -0.466 e. The predicted molar refractivity (Wildman–Crippen MR) is 112 cm³/mol. The summed E-state index contributed by atoms with van der Waals surface area (Å²) in [4.78, 5) is 24.1. The van der Waals surface area contributed by atoms with E-state index in [0.29, 0.717) is 48.5 Å². The summed E-state index contributed by atoms with van der Waals surface area (Å²) >= 11 is 0. The van der Waals surface area contributed by atoms with Crippen molar-refractivity contribution in [2.24, 2.45) is 5.92 Å². The number of carbonyl (C=O) groups excluding carboxylic acids is 2. The first-order valence-electron chi connectivity index (χ1n) is 10.8. The van der Waals surface area contributed by atoms with Gasteiger partial charge in [0, 0.05) is 31.2 Å². The number of hydrogen-bond acceptors (Lipinski definition) is 5. The van der Waals surface area contributed by atoms with Gasteiger partial charge in [-0.05, 0) is 57.1 Å². The Hall–Kier alpha value is -2.31. The van der Waals surface area contributed by atoms with Crippen molar-refractivity contribution in [2.45, 2.75) is 64.3 Å². The van der Waals surface area contributed by atoms with Crippen LogP contribution in [0, 0.1) is 11.7 Å². The molecule has 0 aliphatic heterocycles. The number of halogens is 1. The molecule has 2 fully saturated rings. The maximum Gasteiger partial charge on any atom is 0.305 e. The number of carbonyl (C=O) groups is 2. The third-order valence-electron chi connectivity index (χ3n) is 5.49. The Morgan fingerprint density at radius 1 is 1.14 bits per heavy atom. The van der Waals surface area contributed by atoms with Gasteiger partial charge in [0.2, 0.25) is 0 Å². The summed E-state index contributed by atoms with van der Waals surface area (Å²) in [6, 6.07) is 3.35. The lowest BCUT2D eigenvalue weighted by Gasteiger charge is -2.19. The molecule has 0 atom stereocenters. The number of ether oxygens (including phenoxy) is 1. The summed E-state index contributed by atoms with van der Waals surface area (Å²) in [7, 11) is 0. The zero-order chi connectivity index (χ0) is 20.6. The third-order valence-corrected chi connectivity index (χ3v) is 5.49. The molecule has 0 aromatic heterocycles. The van der Waals surface area contributed by atoms with Crippen LogP contribution in [0.25, 0.3) is 0 Å². The Morgan fingerprint density at radius 2 is 1.90 bits per heavy atom. The normalized spacial score (nSPS) is 16.5. The summed E-state index contributed by atoms with van der Waals surface area (Å²) in [5.74, 6) is -0.396. The Morgan fingerprint density at radius 3 is 2.59 bits per heavy atom. The van der Waals surface area contributed by atoms with Crippen LogP contribution < -0.4 is 16.0 Å². The summed E-state index contributed by atoms with van der Waals surface area (Å²) in [6.45, 7) is 3.21. The second-order valence-corrected chi connectivity index (χ2v) is 7.99. The molecule has 0 saturated heterocycles. The second-order valence-electron chi connectivity index (χ2n) is 7.99. The molecule has 2 saturated carbocycles. The van der Waals surface area contributed by atoms with Crippen molar-refractivity contribution in [1.29, 1.82) is 0 Å². The molecule has 0 bridgehead atoms. The largest absolute Gasteiger partial charge is 0.466 e. The number of esters is 1. The zero-order valence-corrected chi connectivity index (χ0v) is 17.2. The van der Waals surface area contributed by atoms with Gasteiger partial charge in [-0.1, -0.05) is 12.8 Å². The Labute approximate surface area is 172 Å². The maximum absolute atomic E-state index is 14.6. The highest BCUT2D eigenvalue weighted by atomic mass is 19.1. The van der Waals surface area contributed by atoms with E-state index in [-0.39, 0.29) is 18.3 Å². The first-order valence-corrected chi connectivity index (χ1v) is 10.8. The minimum atomic E-state index is -0.417. The predicted octanol–water partition coefficient (Wildman–Crippen LogP) is 4.08. The SMILES string of the molecule is CCOC(=O)CCCNC(=O)c1cc(F)c(NCC2CC2)cc1NC1CCCC1. The van der Waals surface area contributed by atoms with Gasteiger partial charge in [0.05, 0.1) is 17.9 Å². The number of anilines is 2. The van der Waals surface area contributed by atoms with Crippen molar-refractivity contribution >= 4 is 23.3 Å². The van der Waals surface area contributed by atoms with Gasteiger partial charge in [0.25, 0.3) is 5.91 Å². The molecule has 6 nitrogen and oxygen atoms in total. The molecule has 2 aliphatic carbocycles. The summed E-state index contributed by atoms with van der Waals surface area (Å²) in [5, 5.41) is 9.42.